The molecule has 13 heteroatoms. The van der Waals surface area contributed by atoms with E-state index < -0.39 is 22.0 Å². The molecule has 156 valence electrons. The first-order chi connectivity index (χ1) is 13.2. The van der Waals surface area contributed by atoms with Crippen LogP contribution in [0.3, 0.4) is 0 Å². The van der Waals surface area contributed by atoms with Crippen molar-refractivity contribution in [1.82, 2.24) is 10.2 Å². The third-order valence-corrected chi connectivity index (χ3v) is 2.93. The van der Waals surface area contributed by atoms with Gasteiger partial charge in [-0.15, -0.1) is 20.2 Å². The van der Waals surface area contributed by atoms with Crippen LogP contribution in [0.4, 0.5) is 0 Å². The number of carbonyl (C=O) groups excluding carboxylic acids is 2. The lowest BCUT2D eigenvalue weighted by Crippen LogP contribution is -2.33. The molecule has 1 aromatic rings. The van der Waals surface area contributed by atoms with Crippen LogP contribution in [-0.4, -0.2) is 65.9 Å². The molecule has 0 unspecified atom stereocenters. The number of fused-ring (bicyclic) bond motifs is 1. The Bertz CT molecular complexity index is 692. The number of benzene rings is 1. The second kappa shape index (κ2) is 12.8. The van der Waals surface area contributed by atoms with Gasteiger partial charge in [0.15, 0.2) is 0 Å². The summed E-state index contributed by atoms with van der Waals surface area (Å²) in [4.78, 5) is 47.7. The highest BCUT2D eigenvalue weighted by Gasteiger charge is 2.35. The van der Waals surface area contributed by atoms with Gasteiger partial charge in [-0.05, 0) is 38.7 Å². The number of hydrogen-bond acceptors (Lipinski definition) is 9. The molecule has 2 rings (SSSR count). The summed E-state index contributed by atoms with van der Waals surface area (Å²) in [6.45, 7) is 1.95. The maximum atomic E-state index is 12.1. The molecule has 1 aliphatic rings. The Morgan fingerprint density at radius 1 is 1.11 bits per heavy atom. The number of carbonyl (C=O) groups is 2. The van der Waals surface area contributed by atoms with Gasteiger partial charge in [0.1, 0.15) is 12.4 Å². The predicted octanol–water partition coefficient (Wildman–Crippen LogP) is 0.768. The first-order valence-corrected chi connectivity index (χ1v) is 8.01. The maximum absolute atomic E-state index is 12.1. The van der Waals surface area contributed by atoms with Crippen molar-refractivity contribution in [3.05, 3.63) is 49.6 Å². The van der Waals surface area contributed by atoms with Gasteiger partial charge in [0.2, 0.25) is 0 Å². The van der Waals surface area contributed by atoms with E-state index in [1.165, 1.54) is 12.1 Å². The monoisotopic (exact) mass is 402 g/mol. The molecule has 1 aliphatic heterocycles. The van der Waals surface area contributed by atoms with Gasteiger partial charge in [0.05, 0.1) is 24.3 Å². The van der Waals surface area contributed by atoms with Crippen LogP contribution in [0.5, 0.6) is 5.75 Å². The first-order valence-electron chi connectivity index (χ1n) is 8.01. The Balaban J connectivity index is 0.000000904. The van der Waals surface area contributed by atoms with Crippen molar-refractivity contribution in [2.45, 2.75) is 13.3 Å². The van der Waals surface area contributed by atoms with Crippen LogP contribution in [0.15, 0.2) is 18.2 Å². The van der Waals surface area contributed by atoms with Crippen molar-refractivity contribution >= 4 is 11.8 Å². The SMILES string of the molecule is CCCOc1ccc2c(c1)C(=O)N(CCO[N+](=O)[O-])C2=O.CNC.O=[N+]([O-])O. The van der Waals surface area contributed by atoms with Gasteiger partial charge in [-0.3, -0.25) is 14.5 Å². The Morgan fingerprint density at radius 3 is 2.14 bits per heavy atom. The minimum Gasteiger partial charge on any atom is -0.494 e. The maximum Gasteiger partial charge on any atom is 0.294 e. The molecule has 0 atom stereocenters. The van der Waals surface area contributed by atoms with E-state index in [0.717, 1.165) is 11.3 Å². The summed E-state index contributed by atoms with van der Waals surface area (Å²) in [6, 6.07) is 4.66. The van der Waals surface area contributed by atoms with Crippen LogP contribution < -0.4 is 10.1 Å². The Kier molecular flexibility index (Phi) is 11.2. The van der Waals surface area contributed by atoms with Gasteiger partial charge in [0.25, 0.3) is 22.0 Å². The normalized spacial score (nSPS) is 11.5. The molecule has 0 saturated carbocycles. The minimum absolute atomic E-state index is 0.168. The summed E-state index contributed by atoms with van der Waals surface area (Å²) in [7, 11) is 3.75. The summed E-state index contributed by atoms with van der Waals surface area (Å²) in [5.74, 6) is -0.465. The second-order valence-electron chi connectivity index (χ2n) is 5.11. The highest BCUT2D eigenvalue weighted by molar-refractivity contribution is 6.21. The molecule has 0 aromatic heterocycles. The van der Waals surface area contributed by atoms with Crippen molar-refractivity contribution in [3.63, 3.8) is 0 Å². The third-order valence-electron chi connectivity index (χ3n) is 2.93. The van der Waals surface area contributed by atoms with Gasteiger partial charge in [0, 0.05) is 0 Å². The summed E-state index contributed by atoms with van der Waals surface area (Å²) in [6.07, 6.45) is 0.828. The van der Waals surface area contributed by atoms with Crippen molar-refractivity contribution in [1.29, 1.82) is 0 Å². The van der Waals surface area contributed by atoms with Crippen LogP contribution in [0, 0.1) is 20.2 Å². The fourth-order valence-corrected chi connectivity index (χ4v) is 1.99. The van der Waals surface area contributed by atoms with E-state index in [-0.39, 0.29) is 24.3 Å². The van der Waals surface area contributed by atoms with E-state index in [4.69, 9.17) is 20.1 Å². The van der Waals surface area contributed by atoms with E-state index in [1.807, 2.05) is 21.0 Å². The lowest BCUT2D eigenvalue weighted by atomic mass is 10.1. The van der Waals surface area contributed by atoms with Crippen LogP contribution >= 0.6 is 0 Å². The van der Waals surface area contributed by atoms with Gasteiger partial charge >= 0.3 is 0 Å². The molecule has 28 heavy (non-hydrogen) atoms. The standard InChI is InChI=1S/C13H14N2O6.C2H7N.HNO3/c1-2-6-20-9-3-4-10-11(8-9)13(17)14(12(10)16)5-7-21-15(18)19;1-3-2;2-1(3)4/h3-4,8H,2,5-7H2,1H3;3H,1-2H3;(H,2,3,4). The lowest BCUT2D eigenvalue weighted by molar-refractivity contribution is -0.757. The predicted molar refractivity (Wildman–Crippen MR) is 94.3 cm³/mol. The molecule has 0 radical (unpaired) electrons. The number of nitrogens with one attached hydrogen (secondary N) is 1. The fourth-order valence-electron chi connectivity index (χ4n) is 1.99. The van der Waals surface area contributed by atoms with Gasteiger partial charge in [-0.25, -0.2) is 0 Å². The zero-order valence-electron chi connectivity index (χ0n) is 15.6. The van der Waals surface area contributed by atoms with E-state index in [2.05, 4.69) is 10.2 Å². The van der Waals surface area contributed by atoms with Crippen LogP contribution in [0.1, 0.15) is 34.1 Å². The highest BCUT2D eigenvalue weighted by Crippen LogP contribution is 2.26. The number of imide groups is 1. The smallest absolute Gasteiger partial charge is 0.294 e. The second-order valence-corrected chi connectivity index (χ2v) is 5.11. The number of rotatable bonds is 7. The van der Waals surface area contributed by atoms with Crippen molar-refractivity contribution in [2.75, 3.05) is 33.9 Å². The number of hydrogen-bond donors (Lipinski definition) is 2. The van der Waals surface area contributed by atoms with Gasteiger partial charge < -0.3 is 20.1 Å². The molecule has 1 heterocycles. The minimum atomic E-state index is -1.50. The summed E-state index contributed by atoms with van der Waals surface area (Å²) in [5, 5.41) is 25.5. The topological polar surface area (TPSA) is 174 Å². The van der Waals surface area contributed by atoms with Crippen LogP contribution in [0.25, 0.3) is 0 Å². The molecule has 0 bridgehead atoms. The Hall–Kier alpha value is -3.48. The van der Waals surface area contributed by atoms with Gasteiger partial charge in [-0.1, -0.05) is 6.92 Å². The number of amides is 2. The summed E-state index contributed by atoms with van der Waals surface area (Å²) in [5.41, 5.74) is 0.514. The molecular weight excluding hydrogens is 380 g/mol. The fraction of sp³-hybridized carbons (Fsp3) is 0.467. The van der Waals surface area contributed by atoms with Crippen molar-refractivity contribution in [2.24, 2.45) is 0 Å². The molecule has 13 nitrogen and oxygen atoms in total. The molecule has 0 fully saturated rings. The van der Waals surface area contributed by atoms with Crippen LogP contribution in [-0.2, 0) is 4.84 Å². The van der Waals surface area contributed by atoms with E-state index in [0.29, 0.717) is 12.4 Å². The van der Waals surface area contributed by atoms with E-state index in [9.17, 15) is 19.7 Å². The zero-order valence-corrected chi connectivity index (χ0v) is 15.6. The number of ether oxygens (including phenoxy) is 1. The third kappa shape index (κ3) is 8.27. The largest absolute Gasteiger partial charge is 0.494 e. The Morgan fingerprint density at radius 2 is 1.64 bits per heavy atom. The van der Waals surface area contributed by atoms with Gasteiger partial charge in [-0.2, -0.15) is 0 Å². The molecule has 0 aliphatic carbocycles. The molecule has 0 spiro atoms. The molecule has 1 aromatic carbocycles. The Labute approximate surface area is 160 Å². The molecular formula is C15H22N4O9. The first kappa shape index (κ1) is 24.5. The number of nitrogens with zero attached hydrogens (tertiary/aromatic N) is 3. The van der Waals surface area contributed by atoms with Crippen molar-refractivity contribution in [3.8, 4) is 5.75 Å². The quantitative estimate of drug-likeness (QED) is 0.376. The zero-order chi connectivity index (χ0) is 21.7. The van der Waals surface area contributed by atoms with E-state index in [1.54, 1.807) is 6.07 Å². The van der Waals surface area contributed by atoms with Crippen molar-refractivity contribution < 1.29 is 34.5 Å². The molecule has 2 N–H and O–H groups in total. The average molecular weight is 402 g/mol. The summed E-state index contributed by atoms with van der Waals surface area (Å²) >= 11 is 0. The van der Waals surface area contributed by atoms with Crippen LogP contribution in [0.2, 0.25) is 0 Å². The van der Waals surface area contributed by atoms with E-state index >= 15 is 0 Å². The molecule has 0 saturated heterocycles. The molecule has 2 amide bonds. The summed E-state index contributed by atoms with van der Waals surface area (Å²) < 4.78 is 5.42. The highest BCUT2D eigenvalue weighted by atomic mass is 16.9. The lowest BCUT2D eigenvalue weighted by Gasteiger charge is -2.12. The average Bonchev–Trinajstić information content (AvgIpc) is 2.84.